The number of halogens is 4. The molecule has 0 saturated heterocycles. The summed E-state index contributed by atoms with van der Waals surface area (Å²) >= 11 is 2.91. The van der Waals surface area contributed by atoms with Crippen molar-refractivity contribution >= 4 is 33.7 Å². The van der Waals surface area contributed by atoms with Gasteiger partial charge in [-0.1, -0.05) is 27.6 Å². The van der Waals surface area contributed by atoms with Crippen LogP contribution in [-0.2, 0) is 19.1 Å². The van der Waals surface area contributed by atoms with Gasteiger partial charge >= 0.3 is 6.18 Å². The lowest BCUT2D eigenvalue weighted by Gasteiger charge is -2.34. The number of amides is 2. The van der Waals surface area contributed by atoms with Gasteiger partial charge in [0.1, 0.15) is 0 Å². The quantitative estimate of drug-likeness (QED) is 0.358. The van der Waals surface area contributed by atoms with Gasteiger partial charge in [-0.25, -0.2) is 9.55 Å². The van der Waals surface area contributed by atoms with Crippen molar-refractivity contribution in [3.63, 3.8) is 0 Å². The number of anilines is 1. The van der Waals surface area contributed by atoms with Crippen LogP contribution in [0.15, 0.2) is 63.4 Å². The first-order chi connectivity index (χ1) is 19.3. The van der Waals surface area contributed by atoms with E-state index in [2.05, 4.69) is 26.6 Å². The molecule has 8 nitrogen and oxygen atoms in total. The maximum absolute atomic E-state index is 13.8. The Bertz CT molecular complexity index is 1580. The zero-order valence-corrected chi connectivity index (χ0v) is 24.5. The summed E-state index contributed by atoms with van der Waals surface area (Å²) < 4.78 is 41.7. The zero-order chi connectivity index (χ0) is 30.1. The fourth-order valence-electron chi connectivity index (χ4n) is 4.58. The number of rotatable bonds is 6. The largest absolute Gasteiger partial charge is 0.417 e. The SMILES string of the molecule is CNC(=O)c1ccc(-n2c(NCC=C(C)C)nc3c(c2=O)CC(C)N(C(=O)c2ccc(Br)c(C(F)(F)F)c2)C3)cc1. The van der Waals surface area contributed by atoms with Crippen molar-refractivity contribution in [2.45, 2.75) is 46.0 Å². The van der Waals surface area contributed by atoms with E-state index in [1.54, 1.807) is 31.2 Å². The summed E-state index contributed by atoms with van der Waals surface area (Å²) in [6.07, 6.45) is -2.54. The fraction of sp³-hybridized carbons (Fsp3) is 0.310. The van der Waals surface area contributed by atoms with Crippen molar-refractivity contribution in [3.8, 4) is 5.69 Å². The maximum atomic E-state index is 13.8. The van der Waals surface area contributed by atoms with Gasteiger partial charge in [-0.15, -0.1) is 0 Å². The summed E-state index contributed by atoms with van der Waals surface area (Å²) in [5.41, 5.74) is 1.38. The maximum Gasteiger partial charge on any atom is 0.417 e. The Labute approximate surface area is 243 Å². The van der Waals surface area contributed by atoms with E-state index in [1.807, 2.05) is 19.9 Å². The first-order valence-corrected chi connectivity index (χ1v) is 13.6. The Morgan fingerprint density at radius 2 is 1.78 bits per heavy atom. The van der Waals surface area contributed by atoms with Gasteiger partial charge in [0, 0.05) is 40.8 Å². The number of fused-ring (bicyclic) bond motifs is 1. The predicted molar refractivity (Wildman–Crippen MR) is 153 cm³/mol. The number of allylic oxidation sites excluding steroid dienone is 1. The van der Waals surface area contributed by atoms with E-state index in [4.69, 9.17) is 4.98 Å². The number of nitrogens with zero attached hydrogens (tertiary/aromatic N) is 3. The molecule has 1 aliphatic rings. The Morgan fingerprint density at radius 3 is 2.39 bits per heavy atom. The molecule has 2 N–H and O–H groups in total. The van der Waals surface area contributed by atoms with Gasteiger partial charge in [-0.05, 0) is 69.7 Å². The van der Waals surface area contributed by atoms with Gasteiger partial charge in [-0.3, -0.25) is 14.4 Å². The van der Waals surface area contributed by atoms with E-state index in [1.165, 1.54) is 28.6 Å². The first kappa shape index (κ1) is 30.0. The van der Waals surface area contributed by atoms with E-state index in [-0.39, 0.29) is 40.4 Å². The van der Waals surface area contributed by atoms with Crippen LogP contribution in [0.4, 0.5) is 19.1 Å². The van der Waals surface area contributed by atoms with Crippen molar-refractivity contribution in [2.75, 3.05) is 18.9 Å². The minimum atomic E-state index is -4.63. The summed E-state index contributed by atoms with van der Waals surface area (Å²) in [4.78, 5) is 45.4. The summed E-state index contributed by atoms with van der Waals surface area (Å²) in [6.45, 7) is 5.94. The number of alkyl halides is 3. The highest BCUT2D eigenvalue weighted by atomic mass is 79.9. The van der Waals surface area contributed by atoms with Crippen LogP contribution >= 0.6 is 15.9 Å². The third-order valence-electron chi connectivity index (χ3n) is 6.78. The molecule has 3 aromatic rings. The van der Waals surface area contributed by atoms with Gasteiger partial charge in [0.05, 0.1) is 23.5 Å². The summed E-state index contributed by atoms with van der Waals surface area (Å²) in [6, 6.07) is 9.42. The zero-order valence-electron chi connectivity index (χ0n) is 22.9. The molecule has 1 unspecified atom stereocenters. The van der Waals surface area contributed by atoms with Crippen molar-refractivity contribution < 1.29 is 22.8 Å². The Balaban J connectivity index is 1.75. The van der Waals surface area contributed by atoms with Gasteiger partial charge in [0.2, 0.25) is 5.95 Å². The molecule has 4 rings (SSSR count). The average molecular weight is 632 g/mol. The standard InChI is InChI=1S/C29H29BrF3N5O3/c1-16(2)11-12-35-28-36-24-15-37(26(40)19-7-10-23(30)22(14-19)29(31,32)33)17(3)13-21(24)27(41)38(28)20-8-5-18(6-9-20)25(39)34-4/h5-11,14,17H,12-13,15H2,1-4H3,(H,34,39)(H,35,36). The first-order valence-electron chi connectivity index (χ1n) is 12.8. The normalized spacial score (nSPS) is 14.7. The Hall–Kier alpha value is -3.93. The number of hydrogen-bond acceptors (Lipinski definition) is 5. The van der Waals surface area contributed by atoms with E-state index in [9.17, 15) is 27.6 Å². The Morgan fingerprint density at radius 1 is 1.12 bits per heavy atom. The fourth-order valence-corrected chi connectivity index (χ4v) is 5.05. The second-order valence-electron chi connectivity index (χ2n) is 9.97. The second-order valence-corrected chi connectivity index (χ2v) is 10.8. The van der Waals surface area contributed by atoms with Gasteiger partial charge in [-0.2, -0.15) is 13.2 Å². The lowest BCUT2D eigenvalue weighted by molar-refractivity contribution is -0.138. The van der Waals surface area contributed by atoms with E-state index < -0.39 is 23.7 Å². The van der Waals surface area contributed by atoms with Gasteiger partial charge in [0.25, 0.3) is 17.4 Å². The molecule has 216 valence electrons. The predicted octanol–water partition coefficient (Wildman–Crippen LogP) is 5.34. The van der Waals surface area contributed by atoms with Crippen LogP contribution in [0.3, 0.4) is 0 Å². The van der Waals surface area contributed by atoms with Crippen LogP contribution in [0.1, 0.15) is 58.3 Å². The van der Waals surface area contributed by atoms with Crippen LogP contribution < -0.4 is 16.2 Å². The van der Waals surface area contributed by atoms with E-state index in [0.29, 0.717) is 29.1 Å². The molecule has 1 aliphatic heterocycles. The summed E-state index contributed by atoms with van der Waals surface area (Å²) in [7, 11) is 1.53. The molecule has 0 saturated carbocycles. The molecule has 0 spiro atoms. The van der Waals surface area contributed by atoms with E-state index >= 15 is 0 Å². The molecule has 2 amide bonds. The number of benzene rings is 2. The lowest BCUT2D eigenvalue weighted by atomic mass is 9.98. The van der Waals surface area contributed by atoms with E-state index in [0.717, 1.165) is 11.6 Å². The minimum Gasteiger partial charge on any atom is -0.355 e. The third kappa shape index (κ3) is 6.37. The molecule has 41 heavy (non-hydrogen) atoms. The van der Waals surface area contributed by atoms with Gasteiger partial charge < -0.3 is 15.5 Å². The number of carbonyl (C=O) groups excluding carboxylic acids is 2. The molecule has 2 heterocycles. The smallest absolute Gasteiger partial charge is 0.355 e. The van der Waals surface area contributed by atoms with Crippen LogP contribution in [0.5, 0.6) is 0 Å². The average Bonchev–Trinajstić information content (AvgIpc) is 2.92. The molecular weight excluding hydrogens is 603 g/mol. The number of hydrogen-bond donors (Lipinski definition) is 2. The molecule has 0 aliphatic carbocycles. The second kappa shape index (κ2) is 11.9. The molecule has 1 atom stereocenters. The number of aromatic nitrogens is 2. The molecule has 0 radical (unpaired) electrons. The van der Waals surface area contributed by atoms with Crippen LogP contribution in [0, 0.1) is 0 Å². The molecular formula is C29H29BrF3N5O3. The topological polar surface area (TPSA) is 96.3 Å². The minimum absolute atomic E-state index is 0.0459. The summed E-state index contributed by atoms with van der Waals surface area (Å²) in [5.74, 6) is -0.610. The summed E-state index contributed by atoms with van der Waals surface area (Å²) in [5, 5.41) is 5.72. The lowest BCUT2D eigenvalue weighted by Crippen LogP contribution is -2.46. The monoisotopic (exact) mass is 631 g/mol. The third-order valence-corrected chi connectivity index (χ3v) is 7.47. The highest BCUT2D eigenvalue weighted by Gasteiger charge is 2.36. The van der Waals surface area contributed by atoms with Crippen LogP contribution in [-0.4, -0.2) is 45.9 Å². The highest BCUT2D eigenvalue weighted by Crippen LogP contribution is 2.36. The van der Waals surface area contributed by atoms with Gasteiger partial charge in [0.15, 0.2) is 0 Å². The molecule has 0 fully saturated rings. The number of nitrogens with one attached hydrogen (secondary N) is 2. The Kier molecular flexibility index (Phi) is 8.71. The molecule has 1 aromatic heterocycles. The van der Waals surface area contributed by atoms with Crippen molar-refractivity contribution in [1.29, 1.82) is 0 Å². The van der Waals surface area contributed by atoms with Crippen molar-refractivity contribution in [2.24, 2.45) is 0 Å². The molecule has 12 heteroatoms. The molecule has 2 aromatic carbocycles. The van der Waals surface area contributed by atoms with Crippen LogP contribution in [0.2, 0.25) is 0 Å². The number of carbonyl (C=O) groups is 2. The van der Waals surface area contributed by atoms with Crippen LogP contribution in [0.25, 0.3) is 5.69 Å². The highest BCUT2D eigenvalue weighted by molar-refractivity contribution is 9.10. The molecule has 0 bridgehead atoms. The van der Waals surface area contributed by atoms with Crippen molar-refractivity contribution in [1.82, 2.24) is 19.8 Å². The van der Waals surface area contributed by atoms with Crippen molar-refractivity contribution in [3.05, 3.63) is 96.9 Å².